The lowest BCUT2D eigenvalue weighted by atomic mass is 9.59. The first kappa shape index (κ1) is 23.9. The van der Waals surface area contributed by atoms with E-state index in [4.69, 9.17) is 4.74 Å². The van der Waals surface area contributed by atoms with Gasteiger partial charge in [0.25, 0.3) is 0 Å². The number of amides is 2. The molecule has 4 atom stereocenters. The summed E-state index contributed by atoms with van der Waals surface area (Å²) in [6.45, 7) is 1.65. The maximum absolute atomic E-state index is 13.9. The Morgan fingerprint density at radius 3 is 2.49 bits per heavy atom. The highest BCUT2D eigenvalue weighted by Gasteiger charge is 2.57. The number of likely N-dealkylation sites (tertiary alicyclic amines) is 1. The van der Waals surface area contributed by atoms with E-state index in [1.807, 2.05) is 6.08 Å². The number of hydrogen-bond donors (Lipinski definition) is 1. The van der Waals surface area contributed by atoms with Crippen molar-refractivity contribution in [3.8, 4) is 11.5 Å². The summed E-state index contributed by atoms with van der Waals surface area (Å²) in [5.74, 6) is -2.17. The maximum atomic E-state index is 13.9. The Balaban J connectivity index is 1.47. The number of methoxy groups -OCH3 is 1. The van der Waals surface area contributed by atoms with Gasteiger partial charge in [0.05, 0.1) is 18.9 Å². The topological polar surface area (TPSA) is 101 Å². The number of imide groups is 1. The number of ketones is 2. The second-order valence-electron chi connectivity index (χ2n) is 11.0. The van der Waals surface area contributed by atoms with Crippen LogP contribution in [-0.4, -0.2) is 46.5 Å². The molecule has 1 heterocycles. The fourth-order valence-corrected chi connectivity index (χ4v) is 7.34. The van der Waals surface area contributed by atoms with E-state index in [1.54, 1.807) is 24.0 Å². The SMILES string of the molecule is COc1cc([C@H]2C3=CC[C@@H]4C(=O)N(C5CCCCC5)C(=O)[C@@H]4[C@@H]3CC3=C2C(=O)C(C)=CC3=O)ccc1O. The summed E-state index contributed by atoms with van der Waals surface area (Å²) in [5.41, 5.74) is 2.90. The van der Waals surface area contributed by atoms with Gasteiger partial charge < -0.3 is 9.84 Å². The van der Waals surface area contributed by atoms with Gasteiger partial charge in [0, 0.05) is 28.7 Å². The molecule has 7 heteroatoms. The number of phenolic OH excluding ortho intramolecular Hbond substituents is 1. The predicted octanol–water partition coefficient (Wildman–Crippen LogP) is 4.16. The van der Waals surface area contributed by atoms with Crippen molar-refractivity contribution in [1.29, 1.82) is 0 Å². The molecule has 1 aromatic rings. The normalized spacial score (nSPS) is 30.1. The van der Waals surface area contributed by atoms with Crippen LogP contribution in [0.25, 0.3) is 0 Å². The van der Waals surface area contributed by atoms with Gasteiger partial charge in [0.2, 0.25) is 11.8 Å². The summed E-state index contributed by atoms with van der Waals surface area (Å²) in [4.78, 5) is 55.7. The van der Waals surface area contributed by atoms with Gasteiger partial charge in [0.15, 0.2) is 23.1 Å². The first-order chi connectivity index (χ1) is 17.8. The van der Waals surface area contributed by atoms with E-state index in [1.165, 1.54) is 19.3 Å². The standard InChI is InChI=1S/C30H31NO6/c1-15-12-23(33)21-14-20-18(25(27(21)28(15)34)16-8-11-22(32)24(13-16)37-2)9-10-19-26(20)30(36)31(29(19)35)17-6-4-3-5-7-17/h8-9,11-13,17,19-20,25-26,32H,3-7,10,14H2,1-2H3/t19-,20+,25-,26-/m0/s1. The van der Waals surface area contributed by atoms with Crippen molar-refractivity contribution in [3.05, 3.63) is 58.2 Å². The number of fused-ring (bicyclic) bond motifs is 3. The number of nitrogens with zero attached hydrogens (tertiary/aromatic N) is 1. The number of rotatable bonds is 3. The average molecular weight is 502 g/mol. The third kappa shape index (κ3) is 3.54. The van der Waals surface area contributed by atoms with E-state index in [9.17, 15) is 24.3 Å². The van der Waals surface area contributed by atoms with Crippen LogP contribution in [0.4, 0.5) is 0 Å². The number of carbonyl (C=O) groups is 4. The number of phenols is 1. The molecule has 0 spiro atoms. The number of carbonyl (C=O) groups excluding carboxylic acids is 4. The molecule has 37 heavy (non-hydrogen) atoms. The van der Waals surface area contributed by atoms with E-state index in [-0.39, 0.29) is 53.3 Å². The van der Waals surface area contributed by atoms with Crippen molar-refractivity contribution in [2.45, 2.75) is 63.8 Å². The molecule has 192 valence electrons. The lowest BCUT2D eigenvalue weighted by molar-refractivity contribution is -0.143. The predicted molar refractivity (Wildman–Crippen MR) is 135 cm³/mol. The Bertz CT molecular complexity index is 1330. The molecule has 4 aliphatic carbocycles. The van der Waals surface area contributed by atoms with Gasteiger partial charge in [-0.2, -0.15) is 0 Å². The highest BCUT2D eigenvalue weighted by molar-refractivity contribution is 6.23. The van der Waals surface area contributed by atoms with Crippen LogP contribution in [0.15, 0.2) is 52.6 Å². The second kappa shape index (κ2) is 8.82. The molecule has 2 amide bonds. The Morgan fingerprint density at radius 2 is 1.76 bits per heavy atom. The Morgan fingerprint density at radius 1 is 1.00 bits per heavy atom. The van der Waals surface area contributed by atoms with Gasteiger partial charge in [-0.15, -0.1) is 0 Å². The number of Topliss-reactive ketones (excluding diaryl/α,β-unsaturated/α-hetero) is 1. The molecule has 2 fully saturated rings. The van der Waals surface area contributed by atoms with E-state index in [2.05, 4.69) is 0 Å². The van der Waals surface area contributed by atoms with E-state index in [0.717, 1.165) is 37.7 Å². The third-order valence-electron chi connectivity index (χ3n) is 9.08. The van der Waals surface area contributed by atoms with Gasteiger partial charge in [-0.25, -0.2) is 0 Å². The molecule has 1 aliphatic heterocycles. The van der Waals surface area contributed by atoms with Gasteiger partial charge in [-0.1, -0.05) is 37.0 Å². The Kier molecular flexibility index (Phi) is 5.70. The lowest BCUT2D eigenvalue weighted by Crippen LogP contribution is -2.43. The number of allylic oxidation sites excluding steroid dienone is 6. The van der Waals surface area contributed by atoms with Crippen LogP contribution in [0.5, 0.6) is 11.5 Å². The smallest absolute Gasteiger partial charge is 0.233 e. The molecule has 1 N–H and O–H groups in total. The zero-order valence-electron chi connectivity index (χ0n) is 21.2. The molecule has 0 unspecified atom stereocenters. The van der Waals surface area contributed by atoms with Crippen LogP contribution in [0.2, 0.25) is 0 Å². The molecule has 6 rings (SSSR count). The monoisotopic (exact) mass is 501 g/mol. The largest absolute Gasteiger partial charge is 0.504 e. The van der Waals surface area contributed by atoms with Gasteiger partial charge in [-0.05, 0) is 62.3 Å². The zero-order chi connectivity index (χ0) is 26.0. The number of aromatic hydroxyl groups is 1. The lowest BCUT2D eigenvalue weighted by Gasteiger charge is -2.42. The minimum absolute atomic E-state index is 0.0210. The van der Waals surface area contributed by atoms with Crippen molar-refractivity contribution in [1.82, 2.24) is 4.90 Å². The highest BCUT2D eigenvalue weighted by Crippen LogP contribution is 2.56. The van der Waals surface area contributed by atoms with Crippen molar-refractivity contribution in [2.24, 2.45) is 17.8 Å². The van der Waals surface area contributed by atoms with Crippen molar-refractivity contribution in [3.63, 3.8) is 0 Å². The molecule has 7 nitrogen and oxygen atoms in total. The van der Waals surface area contributed by atoms with E-state index < -0.39 is 17.8 Å². The molecular weight excluding hydrogens is 470 g/mol. The quantitative estimate of drug-likeness (QED) is 0.379. The van der Waals surface area contributed by atoms with Gasteiger partial charge in [0.1, 0.15) is 0 Å². The van der Waals surface area contributed by atoms with Crippen molar-refractivity contribution >= 4 is 23.4 Å². The van der Waals surface area contributed by atoms with Crippen LogP contribution in [0.1, 0.15) is 63.4 Å². The molecule has 0 radical (unpaired) electrons. The summed E-state index contributed by atoms with van der Waals surface area (Å²) in [5, 5.41) is 10.2. The second-order valence-corrected chi connectivity index (χ2v) is 11.0. The number of benzene rings is 1. The third-order valence-corrected chi connectivity index (χ3v) is 9.08. The van der Waals surface area contributed by atoms with Crippen LogP contribution in [0.3, 0.4) is 0 Å². The summed E-state index contributed by atoms with van der Waals surface area (Å²) < 4.78 is 5.35. The molecule has 1 aromatic carbocycles. The van der Waals surface area contributed by atoms with E-state index in [0.29, 0.717) is 28.7 Å². The number of ether oxygens (including phenoxy) is 1. The number of hydrogen-bond acceptors (Lipinski definition) is 6. The van der Waals surface area contributed by atoms with E-state index >= 15 is 0 Å². The molecule has 1 saturated heterocycles. The molecule has 1 saturated carbocycles. The van der Waals surface area contributed by atoms with Crippen LogP contribution in [-0.2, 0) is 19.2 Å². The van der Waals surface area contributed by atoms with Gasteiger partial charge >= 0.3 is 0 Å². The van der Waals surface area contributed by atoms with Crippen LogP contribution < -0.4 is 4.74 Å². The molecular formula is C30H31NO6. The first-order valence-electron chi connectivity index (χ1n) is 13.3. The average Bonchev–Trinajstić information content (AvgIpc) is 3.16. The minimum atomic E-state index is -0.545. The van der Waals surface area contributed by atoms with Crippen molar-refractivity contribution in [2.75, 3.05) is 7.11 Å². The van der Waals surface area contributed by atoms with Crippen LogP contribution >= 0.6 is 0 Å². The Labute approximate surface area is 215 Å². The first-order valence-corrected chi connectivity index (χ1v) is 13.3. The zero-order valence-corrected chi connectivity index (χ0v) is 21.2. The summed E-state index contributed by atoms with van der Waals surface area (Å²) in [6.07, 6.45) is 9.01. The van der Waals surface area contributed by atoms with Crippen LogP contribution in [0, 0.1) is 17.8 Å². The Hall–Kier alpha value is -3.48. The highest BCUT2D eigenvalue weighted by atomic mass is 16.5. The molecule has 0 aromatic heterocycles. The van der Waals surface area contributed by atoms with Gasteiger partial charge in [-0.3, -0.25) is 24.1 Å². The minimum Gasteiger partial charge on any atom is -0.504 e. The molecule has 5 aliphatic rings. The summed E-state index contributed by atoms with van der Waals surface area (Å²) >= 11 is 0. The maximum Gasteiger partial charge on any atom is 0.233 e. The fourth-order valence-electron chi connectivity index (χ4n) is 7.34. The summed E-state index contributed by atoms with van der Waals surface area (Å²) in [7, 11) is 1.46. The van der Waals surface area contributed by atoms with Crippen molar-refractivity contribution < 1.29 is 29.0 Å². The summed E-state index contributed by atoms with van der Waals surface area (Å²) in [6, 6.07) is 4.92. The molecule has 0 bridgehead atoms. The fraction of sp³-hybridized carbons (Fsp3) is 0.467.